The average Bonchev–Trinajstić information content (AvgIpc) is 2.64. The fourth-order valence-corrected chi connectivity index (χ4v) is 5.31. The molecule has 1 spiro atoms. The largest absolute Gasteiger partial charge is 0.508 e. The van der Waals surface area contributed by atoms with Crippen LogP contribution in [0.3, 0.4) is 0 Å². The van der Waals surface area contributed by atoms with Crippen LogP contribution in [0.1, 0.15) is 49.3 Å². The summed E-state index contributed by atoms with van der Waals surface area (Å²) < 4.78 is 17.5. The highest BCUT2D eigenvalue weighted by Crippen LogP contribution is 2.50. The summed E-state index contributed by atoms with van der Waals surface area (Å²) in [6.07, 6.45) is 1.39. The Morgan fingerprint density at radius 1 is 1.10 bits per heavy atom. The number of aryl methyl sites for hydroxylation is 1. The van der Waals surface area contributed by atoms with Gasteiger partial charge in [-0.1, -0.05) is 6.07 Å². The van der Waals surface area contributed by atoms with Crippen molar-refractivity contribution in [2.75, 3.05) is 14.2 Å². The van der Waals surface area contributed by atoms with Gasteiger partial charge < -0.3 is 30.0 Å². The molecular weight excluding hydrogens is 400 g/mol. The van der Waals surface area contributed by atoms with E-state index in [1.807, 2.05) is 19.1 Å². The van der Waals surface area contributed by atoms with Gasteiger partial charge in [-0.15, -0.1) is 0 Å². The minimum absolute atomic E-state index is 0.0263. The first-order valence-corrected chi connectivity index (χ1v) is 10.4. The number of rotatable bonds is 3. The molecule has 2 aromatic carbocycles. The van der Waals surface area contributed by atoms with Gasteiger partial charge in [-0.2, -0.15) is 0 Å². The second kappa shape index (κ2) is 7.23. The van der Waals surface area contributed by atoms with Crippen LogP contribution in [0.2, 0.25) is 0 Å². The highest BCUT2D eigenvalue weighted by Gasteiger charge is 2.49. The number of benzene rings is 2. The normalized spacial score (nSPS) is 24.3. The van der Waals surface area contributed by atoms with Gasteiger partial charge in [0.15, 0.2) is 22.3 Å². The summed E-state index contributed by atoms with van der Waals surface area (Å²) in [4.78, 5) is 0. The maximum absolute atomic E-state index is 10.2. The molecule has 1 saturated heterocycles. The summed E-state index contributed by atoms with van der Waals surface area (Å²) in [5, 5.41) is 17.5. The number of methoxy groups -OCH3 is 2. The molecule has 4 rings (SSSR count). The van der Waals surface area contributed by atoms with Crippen molar-refractivity contribution in [3.05, 3.63) is 47.0 Å². The molecule has 2 aromatic rings. The fourth-order valence-electron chi connectivity index (χ4n) is 4.85. The molecule has 0 aliphatic carbocycles. The number of phenols is 1. The van der Waals surface area contributed by atoms with E-state index < -0.39 is 5.72 Å². The third-order valence-corrected chi connectivity index (χ3v) is 6.06. The van der Waals surface area contributed by atoms with Crippen LogP contribution in [0.5, 0.6) is 23.0 Å². The van der Waals surface area contributed by atoms with Crippen molar-refractivity contribution in [1.82, 2.24) is 10.6 Å². The van der Waals surface area contributed by atoms with Crippen molar-refractivity contribution in [2.24, 2.45) is 0 Å². The smallest absolute Gasteiger partial charge is 0.185 e. The van der Waals surface area contributed by atoms with Crippen LogP contribution < -0.4 is 24.8 Å². The lowest BCUT2D eigenvalue weighted by atomic mass is 9.76. The van der Waals surface area contributed by atoms with Crippen LogP contribution in [0.4, 0.5) is 0 Å². The van der Waals surface area contributed by atoms with E-state index in [1.165, 1.54) is 0 Å². The first-order chi connectivity index (χ1) is 14.1. The molecule has 0 unspecified atom stereocenters. The molecule has 7 heteroatoms. The van der Waals surface area contributed by atoms with Gasteiger partial charge in [-0.25, -0.2) is 0 Å². The van der Waals surface area contributed by atoms with Crippen LogP contribution in [-0.4, -0.2) is 35.7 Å². The molecule has 1 fully saturated rings. The molecule has 2 heterocycles. The van der Waals surface area contributed by atoms with Gasteiger partial charge in [0.1, 0.15) is 11.5 Å². The van der Waals surface area contributed by atoms with E-state index in [2.05, 4.69) is 30.5 Å². The quantitative estimate of drug-likeness (QED) is 0.639. The molecule has 2 aliphatic heterocycles. The van der Waals surface area contributed by atoms with Gasteiger partial charge in [0.2, 0.25) is 0 Å². The zero-order chi connectivity index (χ0) is 21.7. The summed E-state index contributed by atoms with van der Waals surface area (Å²) in [5.74, 6) is 2.26. The van der Waals surface area contributed by atoms with E-state index in [4.69, 9.17) is 26.4 Å². The van der Waals surface area contributed by atoms with Gasteiger partial charge in [0.05, 0.1) is 14.2 Å². The predicted molar refractivity (Wildman–Crippen MR) is 120 cm³/mol. The highest BCUT2D eigenvalue weighted by molar-refractivity contribution is 7.80. The van der Waals surface area contributed by atoms with Gasteiger partial charge >= 0.3 is 0 Å². The first kappa shape index (κ1) is 20.6. The monoisotopic (exact) mass is 428 g/mol. The van der Waals surface area contributed by atoms with Crippen LogP contribution in [0, 0.1) is 6.92 Å². The number of aromatic hydroxyl groups is 1. The van der Waals surface area contributed by atoms with Crippen molar-refractivity contribution in [2.45, 2.75) is 50.8 Å². The Bertz CT molecular complexity index is 1010. The maximum Gasteiger partial charge on any atom is 0.185 e. The summed E-state index contributed by atoms with van der Waals surface area (Å²) in [6, 6.07) is 9.47. The SMILES string of the molecule is COc1ccc([C@@H]2C[C@]3(CC(C)(C)NC(=S)N3)Oc3cc(O)cc(C)c32)cc1OC. The Labute approximate surface area is 182 Å². The summed E-state index contributed by atoms with van der Waals surface area (Å²) >= 11 is 5.50. The van der Waals surface area contributed by atoms with Crippen LogP contribution in [0.25, 0.3) is 0 Å². The molecule has 2 atom stereocenters. The number of hydrogen-bond donors (Lipinski definition) is 3. The minimum atomic E-state index is -0.684. The topological polar surface area (TPSA) is 72.0 Å². The van der Waals surface area contributed by atoms with Crippen molar-refractivity contribution in [3.63, 3.8) is 0 Å². The van der Waals surface area contributed by atoms with Crippen LogP contribution in [0.15, 0.2) is 30.3 Å². The third kappa shape index (κ3) is 3.62. The fraction of sp³-hybridized carbons (Fsp3) is 0.435. The summed E-state index contributed by atoms with van der Waals surface area (Å²) in [6.45, 7) is 6.22. The highest BCUT2D eigenvalue weighted by atomic mass is 32.1. The first-order valence-electron chi connectivity index (χ1n) is 10.00. The Balaban J connectivity index is 1.86. The Morgan fingerprint density at radius 3 is 2.50 bits per heavy atom. The van der Waals surface area contributed by atoms with Crippen LogP contribution in [-0.2, 0) is 0 Å². The zero-order valence-corrected chi connectivity index (χ0v) is 18.8. The summed E-state index contributed by atoms with van der Waals surface area (Å²) in [5.41, 5.74) is 2.23. The average molecular weight is 429 g/mol. The van der Waals surface area contributed by atoms with Crippen molar-refractivity contribution in [3.8, 4) is 23.0 Å². The number of phenolic OH excluding ortho intramolecular Hbond substituents is 1. The lowest BCUT2D eigenvalue weighted by molar-refractivity contribution is -0.0130. The molecule has 0 bridgehead atoms. The number of hydrogen-bond acceptors (Lipinski definition) is 5. The third-order valence-electron chi connectivity index (χ3n) is 5.85. The number of nitrogens with one attached hydrogen (secondary N) is 2. The van der Waals surface area contributed by atoms with E-state index in [-0.39, 0.29) is 17.2 Å². The molecule has 160 valence electrons. The Hall–Kier alpha value is -2.67. The van der Waals surface area contributed by atoms with Crippen molar-refractivity contribution >= 4 is 17.3 Å². The molecule has 6 nitrogen and oxygen atoms in total. The molecule has 0 saturated carbocycles. The maximum atomic E-state index is 10.2. The minimum Gasteiger partial charge on any atom is -0.508 e. The van der Waals surface area contributed by atoms with Gasteiger partial charge in [-0.3, -0.25) is 0 Å². The molecular formula is C23H28N2O4S. The van der Waals surface area contributed by atoms with E-state index in [0.29, 0.717) is 35.2 Å². The molecule has 0 radical (unpaired) electrons. The number of fused-ring (bicyclic) bond motifs is 1. The molecule has 30 heavy (non-hydrogen) atoms. The van der Waals surface area contributed by atoms with Crippen molar-refractivity contribution in [1.29, 1.82) is 0 Å². The predicted octanol–water partition coefficient (Wildman–Crippen LogP) is 3.97. The summed E-state index contributed by atoms with van der Waals surface area (Å²) in [7, 11) is 3.27. The standard InChI is InChI=1S/C23H28N2O4S/c1-13-8-15(26)10-19-20(13)16(14-6-7-17(27-4)18(9-14)28-5)11-23(29-19)12-22(2,3)24-21(30)25-23/h6-10,16,26H,11-12H2,1-5H3,(H2,24,25,30)/t16-,23+/m0/s1. The zero-order valence-electron chi connectivity index (χ0n) is 18.0. The van der Waals surface area contributed by atoms with Crippen LogP contribution >= 0.6 is 12.2 Å². The van der Waals surface area contributed by atoms with Gasteiger partial charge in [0, 0.05) is 35.9 Å². The number of ether oxygens (including phenoxy) is 3. The van der Waals surface area contributed by atoms with Gasteiger partial charge in [0.25, 0.3) is 0 Å². The number of thiocarbonyl (C=S) groups is 1. The second-order valence-electron chi connectivity index (χ2n) is 8.78. The molecule has 0 aromatic heterocycles. The molecule has 3 N–H and O–H groups in total. The van der Waals surface area contributed by atoms with E-state index in [0.717, 1.165) is 16.7 Å². The second-order valence-corrected chi connectivity index (χ2v) is 9.19. The van der Waals surface area contributed by atoms with E-state index >= 15 is 0 Å². The lowest BCUT2D eigenvalue weighted by Gasteiger charge is -2.50. The molecule has 0 amide bonds. The van der Waals surface area contributed by atoms with E-state index in [9.17, 15) is 5.11 Å². The Kier molecular flexibility index (Phi) is 4.97. The van der Waals surface area contributed by atoms with E-state index in [1.54, 1.807) is 26.4 Å². The molecule has 2 aliphatic rings. The lowest BCUT2D eigenvalue weighted by Crippen LogP contribution is -2.69. The van der Waals surface area contributed by atoms with Crippen molar-refractivity contribution < 1.29 is 19.3 Å². The van der Waals surface area contributed by atoms with Gasteiger partial charge in [-0.05, 0) is 62.3 Å². The Morgan fingerprint density at radius 2 is 1.83 bits per heavy atom.